The van der Waals surface area contributed by atoms with E-state index in [1.807, 2.05) is 26.8 Å². The molecule has 0 unspecified atom stereocenters. The smallest absolute Gasteiger partial charge is 0.0972 e. The normalized spacial score (nSPS) is 16.7. The highest BCUT2D eigenvalue weighted by Crippen LogP contribution is 2.13. The summed E-state index contributed by atoms with van der Waals surface area (Å²) >= 11 is 0. The third kappa shape index (κ3) is 4.91. The molecule has 0 aliphatic heterocycles. The molecule has 0 spiro atoms. The Kier molecular flexibility index (Phi) is 5.60. The third-order valence-corrected chi connectivity index (χ3v) is 3.67. The molecule has 2 atom stereocenters. The Bertz CT molecular complexity index is 206. The number of rotatable bonds is 5. The van der Waals surface area contributed by atoms with Crippen molar-refractivity contribution < 1.29 is 4.21 Å². The standard InChI is InChI=1S/C11H23NOS/c1-7-8-10(9(2)3)12-14(13)11(4,5)6/h7,9-10,12H,1,8H2,2-6H3/t10-,14+/m1/s1. The fraction of sp³-hybridized carbons (Fsp3) is 0.818. The Morgan fingerprint density at radius 1 is 1.43 bits per heavy atom. The molecule has 0 aromatic heterocycles. The van der Waals surface area contributed by atoms with Crippen LogP contribution in [0.1, 0.15) is 41.0 Å². The Morgan fingerprint density at radius 2 is 1.93 bits per heavy atom. The highest BCUT2D eigenvalue weighted by molar-refractivity contribution is 7.84. The Labute approximate surface area is 90.8 Å². The molecule has 0 aliphatic rings. The maximum atomic E-state index is 11.8. The van der Waals surface area contributed by atoms with Crippen molar-refractivity contribution in [2.45, 2.75) is 51.8 Å². The fourth-order valence-corrected chi connectivity index (χ4v) is 1.95. The second-order valence-electron chi connectivity index (χ2n) is 4.87. The summed E-state index contributed by atoms with van der Waals surface area (Å²) in [5.74, 6) is 0.472. The molecule has 0 amide bonds. The molecule has 0 rings (SSSR count). The Hall–Kier alpha value is -0.150. The minimum Gasteiger partial charge on any atom is -0.242 e. The van der Waals surface area contributed by atoms with Crippen molar-refractivity contribution in [2.75, 3.05) is 0 Å². The van der Waals surface area contributed by atoms with E-state index in [1.165, 1.54) is 0 Å². The zero-order valence-corrected chi connectivity index (χ0v) is 10.8. The van der Waals surface area contributed by atoms with Gasteiger partial charge in [-0.2, -0.15) is 0 Å². The van der Waals surface area contributed by atoms with E-state index in [4.69, 9.17) is 0 Å². The van der Waals surface area contributed by atoms with Gasteiger partial charge in [-0.25, -0.2) is 8.93 Å². The second kappa shape index (κ2) is 5.66. The van der Waals surface area contributed by atoms with Crippen molar-refractivity contribution in [3.63, 3.8) is 0 Å². The second-order valence-corrected chi connectivity index (χ2v) is 6.87. The summed E-state index contributed by atoms with van der Waals surface area (Å²) in [6, 6.07) is 0.257. The van der Waals surface area contributed by atoms with Crippen molar-refractivity contribution in [3.8, 4) is 0 Å². The SMILES string of the molecule is C=CC[C@@H](N[S@@](=O)C(C)(C)C)C(C)C. The topological polar surface area (TPSA) is 29.1 Å². The zero-order valence-electron chi connectivity index (χ0n) is 9.96. The van der Waals surface area contributed by atoms with Gasteiger partial charge in [0.05, 0.1) is 15.7 Å². The molecule has 0 saturated heterocycles. The highest BCUT2D eigenvalue weighted by Gasteiger charge is 2.23. The Morgan fingerprint density at radius 3 is 2.21 bits per heavy atom. The van der Waals surface area contributed by atoms with Crippen molar-refractivity contribution in [1.82, 2.24) is 4.72 Å². The molecule has 2 nitrogen and oxygen atoms in total. The van der Waals surface area contributed by atoms with Crippen LogP contribution < -0.4 is 4.72 Å². The fourth-order valence-electron chi connectivity index (χ4n) is 0.950. The maximum Gasteiger partial charge on any atom is 0.0972 e. The molecule has 0 radical (unpaired) electrons. The van der Waals surface area contributed by atoms with E-state index in [9.17, 15) is 4.21 Å². The van der Waals surface area contributed by atoms with Crippen LogP contribution in [0.25, 0.3) is 0 Å². The van der Waals surface area contributed by atoms with E-state index in [1.54, 1.807) is 0 Å². The summed E-state index contributed by atoms with van der Waals surface area (Å²) in [5.41, 5.74) is 0. The van der Waals surface area contributed by atoms with Crippen LogP contribution in [0.3, 0.4) is 0 Å². The lowest BCUT2D eigenvalue weighted by Crippen LogP contribution is -2.42. The zero-order chi connectivity index (χ0) is 11.4. The van der Waals surface area contributed by atoms with E-state index >= 15 is 0 Å². The molecule has 0 aromatic carbocycles. The molecule has 0 aliphatic carbocycles. The lowest BCUT2D eigenvalue weighted by molar-refractivity contribution is 0.460. The first-order chi connectivity index (χ1) is 6.29. The first-order valence-corrected chi connectivity index (χ1v) is 6.23. The quantitative estimate of drug-likeness (QED) is 0.705. The number of hydrogen-bond acceptors (Lipinski definition) is 1. The third-order valence-electron chi connectivity index (χ3n) is 2.04. The van der Waals surface area contributed by atoms with Gasteiger partial charge in [-0.05, 0) is 33.1 Å². The Balaban J connectivity index is 4.30. The molecule has 0 saturated carbocycles. The van der Waals surface area contributed by atoms with Crippen LogP contribution in [0.5, 0.6) is 0 Å². The summed E-state index contributed by atoms with van der Waals surface area (Å²) in [6.45, 7) is 13.9. The first kappa shape index (κ1) is 13.8. The van der Waals surface area contributed by atoms with Gasteiger partial charge < -0.3 is 0 Å². The van der Waals surface area contributed by atoms with Crippen LogP contribution in [0.15, 0.2) is 12.7 Å². The molecular weight excluding hydrogens is 194 g/mol. The van der Waals surface area contributed by atoms with Gasteiger partial charge in [0, 0.05) is 6.04 Å². The molecule has 0 aromatic rings. The lowest BCUT2D eigenvalue weighted by atomic mass is 10.0. The minimum atomic E-state index is -0.987. The summed E-state index contributed by atoms with van der Waals surface area (Å²) in [6.07, 6.45) is 2.73. The largest absolute Gasteiger partial charge is 0.242 e. The monoisotopic (exact) mass is 217 g/mol. The number of hydrogen-bond donors (Lipinski definition) is 1. The molecule has 0 bridgehead atoms. The van der Waals surface area contributed by atoms with Crippen molar-refractivity contribution >= 4 is 11.0 Å². The van der Waals surface area contributed by atoms with Crippen LogP contribution in [0.4, 0.5) is 0 Å². The summed E-state index contributed by atoms with van der Waals surface area (Å²) in [5, 5.41) is 0. The van der Waals surface area contributed by atoms with Gasteiger partial charge in [-0.15, -0.1) is 6.58 Å². The maximum absolute atomic E-state index is 11.8. The van der Waals surface area contributed by atoms with Crippen molar-refractivity contribution in [3.05, 3.63) is 12.7 Å². The predicted molar refractivity (Wildman–Crippen MR) is 64.5 cm³/mol. The van der Waals surface area contributed by atoms with Crippen molar-refractivity contribution in [2.24, 2.45) is 5.92 Å². The van der Waals surface area contributed by atoms with Crippen LogP contribution in [0.2, 0.25) is 0 Å². The highest BCUT2D eigenvalue weighted by atomic mass is 32.2. The van der Waals surface area contributed by atoms with E-state index in [-0.39, 0.29) is 10.8 Å². The van der Waals surface area contributed by atoms with E-state index in [2.05, 4.69) is 25.1 Å². The van der Waals surface area contributed by atoms with Gasteiger partial charge in [0.15, 0.2) is 0 Å². The molecular formula is C11H23NOS. The van der Waals surface area contributed by atoms with Crippen molar-refractivity contribution in [1.29, 1.82) is 0 Å². The van der Waals surface area contributed by atoms with Gasteiger partial charge in [0.25, 0.3) is 0 Å². The average Bonchev–Trinajstić information content (AvgIpc) is 2.01. The van der Waals surface area contributed by atoms with Crippen LogP contribution in [-0.2, 0) is 11.0 Å². The van der Waals surface area contributed by atoms with Gasteiger partial charge in [0.1, 0.15) is 0 Å². The molecule has 14 heavy (non-hydrogen) atoms. The van der Waals surface area contributed by atoms with Crippen LogP contribution in [0, 0.1) is 5.92 Å². The lowest BCUT2D eigenvalue weighted by Gasteiger charge is -2.25. The van der Waals surface area contributed by atoms with Crippen LogP contribution >= 0.6 is 0 Å². The molecule has 84 valence electrons. The predicted octanol–water partition coefficient (Wildman–Crippen LogP) is 2.64. The summed E-state index contributed by atoms with van der Waals surface area (Å²) in [7, 11) is -0.987. The average molecular weight is 217 g/mol. The first-order valence-electron chi connectivity index (χ1n) is 5.08. The van der Waals surface area contributed by atoms with Gasteiger partial charge in [-0.1, -0.05) is 19.9 Å². The molecule has 0 fully saturated rings. The molecule has 1 N–H and O–H groups in total. The summed E-state index contributed by atoms with van der Waals surface area (Å²) in [4.78, 5) is 0. The minimum absolute atomic E-state index is 0.200. The van der Waals surface area contributed by atoms with Crippen LogP contribution in [-0.4, -0.2) is 15.0 Å². The van der Waals surface area contributed by atoms with Gasteiger partial charge >= 0.3 is 0 Å². The van der Waals surface area contributed by atoms with Gasteiger partial charge in [0.2, 0.25) is 0 Å². The summed E-state index contributed by atoms with van der Waals surface area (Å²) < 4.78 is 14.8. The van der Waals surface area contributed by atoms with E-state index in [0.29, 0.717) is 5.92 Å². The molecule has 0 heterocycles. The van der Waals surface area contributed by atoms with E-state index in [0.717, 1.165) is 6.42 Å². The van der Waals surface area contributed by atoms with E-state index < -0.39 is 11.0 Å². The molecule has 3 heteroatoms. The van der Waals surface area contributed by atoms with Gasteiger partial charge in [-0.3, -0.25) is 0 Å². The number of nitrogens with one attached hydrogen (secondary N) is 1.